The number of aliphatic hydroxyl groups excluding tert-OH is 1. The van der Waals surface area contributed by atoms with Crippen LogP contribution in [0.3, 0.4) is 0 Å². The molecule has 3 aliphatic heterocycles. The Morgan fingerprint density at radius 2 is 1.70 bits per heavy atom. The number of fused-ring (bicyclic) bond motifs is 1. The molecule has 0 aliphatic carbocycles. The normalized spacial score (nSPS) is 21.1. The molecule has 1 unspecified atom stereocenters. The molecule has 0 saturated carbocycles. The Bertz CT molecular complexity index is 958. The number of hydrogen-bond acceptors (Lipinski definition) is 8. The molecule has 1 aromatic carbocycles. The van der Waals surface area contributed by atoms with Crippen molar-refractivity contribution in [3.8, 4) is 0 Å². The smallest absolute Gasteiger partial charge is 0.317 e. The van der Waals surface area contributed by atoms with E-state index in [1.807, 2.05) is 4.90 Å². The van der Waals surface area contributed by atoms with Crippen molar-refractivity contribution >= 4 is 35.3 Å². The summed E-state index contributed by atoms with van der Waals surface area (Å²) < 4.78 is 0. The maximum atomic E-state index is 12.5. The second-order valence-electron chi connectivity index (χ2n) is 8.18. The van der Waals surface area contributed by atoms with Crippen molar-refractivity contribution in [2.24, 2.45) is 0 Å². The third kappa shape index (κ3) is 5.37. The zero-order chi connectivity index (χ0) is 24.1. The van der Waals surface area contributed by atoms with Crippen LogP contribution in [0.5, 0.6) is 0 Å². The number of imide groups is 2. The monoisotopic (exact) mass is 460 g/mol. The molecule has 1 atom stereocenters. The topological polar surface area (TPSA) is 162 Å². The van der Waals surface area contributed by atoms with Crippen LogP contribution in [0.4, 0.5) is 5.69 Å². The molecule has 0 aromatic heterocycles. The number of β-amino-alcohol motifs (C(OH)–C–C–N with tert-alkyl or cyclic N) is 1. The van der Waals surface area contributed by atoms with E-state index >= 15 is 0 Å². The summed E-state index contributed by atoms with van der Waals surface area (Å²) in [5.41, 5.74) is 6.34. The average molecular weight is 460 g/mol. The number of amides is 4. The molecule has 33 heavy (non-hydrogen) atoms. The number of anilines is 1. The highest BCUT2D eigenvalue weighted by Crippen LogP contribution is 2.30. The molecular formula is C22H28N4O7. The molecule has 1 aromatic rings. The molecule has 4 N–H and O–H groups in total. The molecule has 3 heterocycles. The lowest BCUT2D eigenvalue weighted by atomic mass is 10.0. The highest BCUT2D eigenvalue weighted by atomic mass is 16.4. The molecule has 0 radical (unpaired) electrons. The van der Waals surface area contributed by atoms with E-state index in [9.17, 15) is 24.0 Å². The van der Waals surface area contributed by atoms with Crippen LogP contribution in [0, 0.1) is 0 Å². The summed E-state index contributed by atoms with van der Waals surface area (Å²) in [6.07, 6.45) is 3.70. The highest BCUT2D eigenvalue weighted by Gasteiger charge is 2.46. The van der Waals surface area contributed by atoms with E-state index in [1.54, 1.807) is 0 Å². The van der Waals surface area contributed by atoms with Gasteiger partial charge in [-0.1, -0.05) is 6.42 Å². The molecule has 11 heteroatoms. The van der Waals surface area contributed by atoms with E-state index in [1.165, 1.54) is 24.6 Å². The van der Waals surface area contributed by atoms with Crippen LogP contribution in [0.25, 0.3) is 0 Å². The van der Waals surface area contributed by atoms with Gasteiger partial charge in [-0.15, -0.1) is 0 Å². The Labute approximate surface area is 190 Å². The maximum Gasteiger partial charge on any atom is 0.317 e. The van der Waals surface area contributed by atoms with Gasteiger partial charge in [0.1, 0.15) is 6.04 Å². The number of likely N-dealkylation sites (tertiary alicyclic amines) is 2. The number of nitrogens with two attached hydrogens (primary N) is 1. The van der Waals surface area contributed by atoms with Gasteiger partial charge in [-0.25, -0.2) is 0 Å². The Kier molecular flexibility index (Phi) is 7.77. The zero-order valence-electron chi connectivity index (χ0n) is 18.2. The Hall–Kier alpha value is -3.31. The quantitative estimate of drug-likeness (QED) is 0.403. The fraction of sp³-hybridized carbons (Fsp3) is 0.500. The third-order valence-electron chi connectivity index (χ3n) is 5.87. The van der Waals surface area contributed by atoms with Crippen molar-refractivity contribution in [2.75, 3.05) is 38.5 Å². The van der Waals surface area contributed by atoms with E-state index in [0.717, 1.165) is 35.7 Å². The molecule has 4 rings (SSSR count). The number of benzene rings is 1. The predicted octanol–water partition coefficient (Wildman–Crippen LogP) is -0.0684. The zero-order valence-corrected chi connectivity index (χ0v) is 18.2. The second kappa shape index (κ2) is 10.5. The van der Waals surface area contributed by atoms with Crippen LogP contribution in [0.15, 0.2) is 18.2 Å². The minimum atomic E-state index is -1.03. The van der Waals surface area contributed by atoms with Crippen LogP contribution in [-0.4, -0.2) is 93.3 Å². The third-order valence-corrected chi connectivity index (χ3v) is 5.87. The van der Waals surface area contributed by atoms with Gasteiger partial charge >= 0.3 is 5.97 Å². The van der Waals surface area contributed by atoms with E-state index in [4.69, 9.17) is 15.9 Å². The summed E-state index contributed by atoms with van der Waals surface area (Å²) in [5.74, 6) is -2.92. The number of hydrogen-bond donors (Lipinski definition) is 3. The number of carboxylic acids is 1. The number of carbonyl (C=O) groups is 5. The van der Waals surface area contributed by atoms with Crippen LogP contribution in [0.1, 0.15) is 52.8 Å². The number of piperidine rings is 2. The Morgan fingerprint density at radius 1 is 1.03 bits per heavy atom. The summed E-state index contributed by atoms with van der Waals surface area (Å²) in [6.45, 7) is 1.63. The molecule has 2 saturated heterocycles. The number of aliphatic carboxylic acids is 1. The van der Waals surface area contributed by atoms with Crippen molar-refractivity contribution in [3.63, 3.8) is 0 Å². The van der Waals surface area contributed by atoms with Crippen LogP contribution in [0.2, 0.25) is 0 Å². The Morgan fingerprint density at radius 3 is 2.33 bits per heavy atom. The number of rotatable bonds is 5. The molecule has 0 bridgehead atoms. The van der Waals surface area contributed by atoms with Gasteiger partial charge in [0.25, 0.3) is 17.7 Å². The SMILES string of the molecule is Nc1ccc2c(c1)C(=O)N(C1CCC(=O)N(CCO)C1=O)C2=O.O=C(O)CN1CCCCC1. The number of nitrogen functional groups attached to an aromatic ring is 1. The van der Waals surface area contributed by atoms with E-state index < -0.39 is 35.6 Å². The van der Waals surface area contributed by atoms with Crippen LogP contribution >= 0.6 is 0 Å². The summed E-state index contributed by atoms with van der Waals surface area (Å²) in [4.78, 5) is 63.2. The van der Waals surface area contributed by atoms with E-state index in [2.05, 4.69) is 0 Å². The first-order valence-electron chi connectivity index (χ1n) is 10.9. The standard InChI is InChI=1S/C15H15N3O5.C7H13NO2/c16-8-1-2-9-10(7-8)14(22)18(13(9)21)11-3-4-12(20)17(5-6-19)15(11)23;9-7(10)6-8-4-2-1-3-5-8/h1-2,7,11,19H,3-6,16H2;1-6H2,(H,9,10). The molecule has 4 amide bonds. The van der Waals surface area contributed by atoms with Crippen LogP contribution < -0.4 is 5.73 Å². The first kappa shape index (κ1) is 24.3. The van der Waals surface area contributed by atoms with Gasteiger partial charge in [-0.2, -0.15) is 0 Å². The summed E-state index contributed by atoms with van der Waals surface area (Å²) in [7, 11) is 0. The average Bonchev–Trinajstić information content (AvgIpc) is 3.02. The lowest BCUT2D eigenvalue weighted by Gasteiger charge is -2.34. The fourth-order valence-corrected chi connectivity index (χ4v) is 4.26. The summed E-state index contributed by atoms with van der Waals surface area (Å²) >= 11 is 0. The summed E-state index contributed by atoms with van der Waals surface area (Å²) in [5, 5.41) is 17.4. The fourth-order valence-electron chi connectivity index (χ4n) is 4.26. The van der Waals surface area contributed by atoms with Crippen molar-refractivity contribution < 1.29 is 34.2 Å². The van der Waals surface area contributed by atoms with E-state index in [-0.39, 0.29) is 43.7 Å². The lowest BCUT2D eigenvalue weighted by Crippen LogP contribution is -2.56. The predicted molar refractivity (Wildman–Crippen MR) is 116 cm³/mol. The molecular weight excluding hydrogens is 432 g/mol. The van der Waals surface area contributed by atoms with E-state index in [0.29, 0.717) is 5.69 Å². The highest BCUT2D eigenvalue weighted by molar-refractivity contribution is 6.23. The van der Waals surface area contributed by atoms with Gasteiger partial charge in [-0.3, -0.25) is 38.7 Å². The van der Waals surface area contributed by atoms with Crippen molar-refractivity contribution in [3.05, 3.63) is 29.3 Å². The van der Waals surface area contributed by atoms with Crippen molar-refractivity contribution in [1.82, 2.24) is 14.7 Å². The van der Waals surface area contributed by atoms with Crippen molar-refractivity contribution in [2.45, 2.75) is 38.1 Å². The first-order chi connectivity index (χ1) is 15.7. The van der Waals surface area contributed by atoms with Gasteiger partial charge in [0.15, 0.2) is 0 Å². The molecule has 3 aliphatic rings. The van der Waals surface area contributed by atoms with Gasteiger partial charge in [-0.05, 0) is 50.6 Å². The molecule has 0 spiro atoms. The number of aliphatic hydroxyl groups is 1. The largest absolute Gasteiger partial charge is 0.480 e. The summed E-state index contributed by atoms with van der Waals surface area (Å²) in [6, 6.07) is 3.33. The van der Waals surface area contributed by atoms with Crippen molar-refractivity contribution in [1.29, 1.82) is 0 Å². The molecule has 11 nitrogen and oxygen atoms in total. The van der Waals surface area contributed by atoms with Crippen LogP contribution in [-0.2, 0) is 14.4 Å². The van der Waals surface area contributed by atoms with Gasteiger partial charge in [0.05, 0.1) is 30.8 Å². The second-order valence-corrected chi connectivity index (χ2v) is 8.18. The van der Waals surface area contributed by atoms with Gasteiger partial charge < -0.3 is 15.9 Å². The minimum Gasteiger partial charge on any atom is -0.480 e. The molecule has 178 valence electrons. The first-order valence-corrected chi connectivity index (χ1v) is 10.9. The van der Waals surface area contributed by atoms with Gasteiger partial charge in [0, 0.05) is 12.1 Å². The maximum absolute atomic E-state index is 12.5. The van der Waals surface area contributed by atoms with Gasteiger partial charge in [0.2, 0.25) is 5.91 Å². The number of carbonyl (C=O) groups excluding carboxylic acids is 4. The molecule has 2 fully saturated rings. The minimum absolute atomic E-state index is 0.0337. The Balaban J connectivity index is 0.000000257. The number of nitrogens with zero attached hydrogens (tertiary/aromatic N) is 3. The lowest BCUT2D eigenvalue weighted by molar-refractivity contribution is -0.152. The number of carboxylic acid groups (broad SMARTS) is 1.